The van der Waals surface area contributed by atoms with Crippen molar-refractivity contribution in [1.29, 1.82) is 0 Å². The number of nitrogens with zero attached hydrogens (tertiary/aromatic N) is 4. The molecule has 5 nitrogen and oxygen atoms in total. The summed E-state index contributed by atoms with van der Waals surface area (Å²) in [7, 11) is 3.73. The highest BCUT2D eigenvalue weighted by Crippen LogP contribution is 2.16. The molecule has 0 amide bonds. The molecule has 2 heterocycles. The van der Waals surface area contributed by atoms with E-state index in [1.807, 2.05) is 24.9 Å². The predicted octanol–water partition coefficient (Wildman–Crippen LogP) is 0.430. The van der Waals surface area contributed by atoms with E-state index in [1.54, 1.807) is 23.4 Å². The Morgan fingerprint density at radius 3 is 2.73 bits per heavy atom. The van der Waals surface area contributed by atoms with Crippen LogP contribution in [0.5, 0.6) is 0 Å². The highest BCUT2D eigenvalue weighted by molar-refractivity contribution is 5.11. The number of aryl methyl sites for hydroxylation is 2. The second kappa shape index (κ2) is 3.86. The van der Waals surface area contributed by atoms with Gasteiger partial charge in [-0.15, -0.1) is 0 Å². The Labute approximate surface area is 88.0 Å². The van der Waals surface area contributed by atoms with E-state index in [4.69, 9.17) is 0 Å². The van der Waals surface area contributed by atoms with Gasteiger partial charge in [0, 0.05) is 26.7 Å². The van der Waals surface area contributed by atoms with E-state index < -0.39 is 6.10 Å². The van der Waals surface area contributed by atoms with Gasteiger partial charge >= 0.3 is 0 Å². The van der Waals surface area contributed by atoms with Gasteiger partial charge in [-0.3, -0.25) is 4.68 Å². The van der Waals surface area contributed by atoms with Gasteiger partial charge in [-0.2, -0.15) is 5.10 Å². The first-order chi connectivity index (χ1) is 7.16. The number of aromatic nitrogens is 4. The first kappa shape index (κ1) is 9.92. The van der Waals surface area contributed by atoms with Crippen LogP contribution in [-0.2, 0) is 20.5 Å². The maximum Gasteiger partial charge on any atom is 0.0997 e. The molecule has 2 rings (SSSR count). The molecule has 0 aromatic carbocycles. The summed E-state index contributed by atoms with van der Waals surface area (Å²) in [4.78, 5) is 3.97. The van der Waals surface area contributed by atoms with Crippen LogP contribution >= 0.6 is 0 Å². The Kier molecular flexibility index (Phi) is 2.55. The van der Waals surface area contributed by atoms with Gasteiger partial charge in [0.2, 0.25) is 0 Å². The largest absolute Gasteiger partial charge is 0.386 e. The summed E-state index contributed by atoms with van der Waals surface area (Å²) in [6, 6.07) is 0. The quantitative estimate of drug-likeness (QED) is 0.792. The Morgan fingerprint density at radius 2 is 2.20 bits per heavy atom. The van der Waals surface area contributed by atoms with Crippen molar-refractivity contribution in [2.45, 2.75) is 12.5 Å². The lowest BCUT2D eigenvalue weighted by Gasteiger charge is -2.09. The van der Waals surface area contributed by atoms with Crippen LogP contribution < -0.4 is 0 Å². The van der Waals surface area contributed by atoms with Crippen molar-refractivity contribution in [1.82, 2.24) is 19.3 Å². The third-order valence-corrected chi connectivity index (χ3v) is 2.38. The highest BCUT2D eigenvalue weighted by Gasteiger charge is 2.12. The number of hydrogen-bond donors (Lipinski definition) is 1. The van der Waals surface area contributed by atoms with Gasteiger partial charge in [0.1, 0.15) is 0 Å². The van der Waals surface area contributed by atoms with Gasteiger partial charge in [0.25, 0.3) is 0 Å². The van der Waals surface area contributed by atoms with Crippen molar-refractivity contribution in [2.75, 3.05) is 0 Å². The van der Waals surface area contributed by atoms with E-state index in [9.17, 15) is 5.11 Å². The van der Waals surface area contributed by atoms with Gasteiger partial charge in [-0.1, -0.05) is 0 Å². The standard InChI is InChI=1S/C10H14N4O/c1-13-7-11-5-9(13)10(15)3-8-4-12-14(2)6-8/h4-7,10,15H,3H2,1-2H3. The first-order valence-corrected chi connectivity index (χ1v) is 4.78. The average Bonchev–Trinajstić information content (AvgIpc) is 2.75. The first-order valence-electron chi connectivity index (χ1n) is 4.78. The topological polar surface area (TPSA) is 55.9 Å². The minimum atomic E-state index is -0.526. The molecule has 0 saturated heterocycles. The molecule has 1 N–H and O–H groups in total. The third-order valence-electron chi connectivity index (χ3n) is 2.38. The summed E-state index contributed by atoms with van der Waals surface area (Å²) in [5.74, 6) is 0. The zero-order valence-corrected chi connectivity index (χ0v) is 8.83. The molecule has 0 radical (unpaired) electrons. The average molecular weight is 206 g/mol. The molecule has 0 spiro atoms. The fourth-order valence-electron chi connectivity index (χ4n) is 1.59. The van der Waals surface area contributed by atoms with Crippen molar-refractivity contribution in [2.24, 2.45) is 14.1 Å². The van der Waals surface area contributed by atoms with Crippen molar-refractivity contribution in [3.8, 4) is 0 Å². The van der Waals surface area contributed by atoms with E-state index in [2.05, 4.69) is 10.1 Å². The van der Waals surface area contributed by atoms with Crippen LogP contribution in [0, 0.1) is 0 Å². The van der Waals surface area contributed by atoms with Crippen LogP contribution in [0.3, 0.4) is 0 Å². The number of aliphatic hydroxyl groups is 1. The maximum atomic E-state index is 9.96. The summed E-state index contributed by atoms with van der Waals surface area (Å²) >= 11 is 0. The fraction of sp³-hybridized carbons (Fsp3) is 0.400. The van der Waals surface area contributed by atoms with E-state index in [1.165, 1.54) is 0 Å². The molecular weight excluding hydrogens is 192 g/mol. The normalized spacial score (nSPS) is 13.0. The van der Waals surface area contributed by atoms with Crippen LogP contribution in [0.4, 0.5) is 0 Å². The zero-order valence-electron chi connectivity index (χ0n) is 8.83. The number of imidazole rings is 1. The molecule has 0 fully saturated rings. The summed E-state index contributed by atoms with van der Waals surface area (Å²) < 4.78 is 3.55. The molecule has 1 unspecified atom stereocenters. The number of aliphatic hydroxyl groups excluding tert-OH is 1. The van der Waals surface area contributed by atoms with E-state index in [-0.39, 0.29) is 0 Å². The molecule has 1 atom stereocenters. The van der Waals surface area contributed by atoms with Gasteiger partial charge in [-0.25, -0.2) is 4.98 Å². The lowest BCUT2D eigenvalue weighted by atomic mass is 10.1. The highest BCUT2D eigenvalue weighted by atomic mass is 16.3. The minimum Gasteiger partial charge on any atom is -0.386 e. The molecule has 80 valence electrons. The minimum absolute atomic E-state index is 0.526. The van der Waals surface area contributed by atoms with Gasteiger partial charge in [-0.05, 0) is 5.56 Å². The van der Waals surface area contributed by atoms with Crippen LogP contribution in [0.2, 0.25) is 0 Å². The maximum absolute atomic E-state index is 9.96. The van der Waals surface area contributed by atoms with Crippen LogP contribution in [-0.4, -0.2) is 24.4 Å². The summed E-state index contributed by atoms with van der Waals surface area (Å²) in [5.41, 5.74) is 1.84. The van der Waals surface area contributed by atoms with E-state index in [0.29, 0.717) is 6.42 Å². The molecule has 15 heavy (non-hydrogen) atoms. The van der Waals surface area contributed by atoms with E-state index in [0.717, 1.165) is 11.3 Å². The molecule has 0 aliphatic rings. The third kappa shape index (κ3) is 2.07. The molecule has 2 aromatic heterocycles. The Morgan fingerprint density at radius 1 is 1.40 bits per heavy atom. The molecule has 5 heteroatoms. The fourth-order valence-corrected chi connectivity index (χ4v) is 1.59. The Hall–Kier alpha value is -1.62. The molecular formula is C10H14N4O. The lowest BCUT2D eigenvalue weighted by molar-refractivity contribution is 0.170. The second-order valence-electron chi connectivity index (χ2n) is 3.67. The monoisotopic (exact) mass is 206 g/mol. The Balaban J connectivity index is 2.10. The van der Waals surface area contributed by atoms with Crippen molar-refractivity contribution < 1.29 is 5.11 Å². The molecule has 0 bridgehead atoms. The second-order valence-corrected chi connectivity index (χ2v) is 3.67. The predicted molar refractivity (Wildman–Crippen MR) is 55.1 cm³/mol. The van der Waals surface area contributed by atoms with Crippen LogP contribution in [0.15, 0.2) is 24.9 Å². The van der Waals surface area contributed by atoms with Crippen LogP contribution in [0.1, 0.15) is 17.4 Å². The van der Waals surface area contributed by atoms with Gasteiger partial charge in [0.05, 0.1) is 30.5 Å². The zero-order chi connectivity index (χ0) is 10.8. The van der Waals surface area contributed by atoms with Crippen molar-refractivity contribution in [3.05, 3.63) is 36.2 Å². The molecule has 0 saturated carbocycles. The summed E-state index contributed by atoms with van der Waals surface area (Å²) in [5, 5.41) is 14.0. The Bertz CT molecular complexity index is 446. The summed E-state index contributed by atoms with van der Waals surface area (Å²) in [6.45, 7) is 0. The SMILES string of the molecule is Cn1cc(CC(O)c2cncn2C)cn1. The lowest BCUT2D eigenvalue weighted by Crippen LogP contribution is -2.06. The molecule has 0 aliphatic heterocycles. The number of hydrogen-bond acceptors (Lipinski definition) is 3. The van der Waals surface area contributed by atoms with Gasteiger partial charge in [0.15, 0.2) is 0 Å². The molecule has 2 aromatic rings. The smallest absolute Gasteiger partial charge is 0.0997 e. The van der Waals surface area contributed by atoms with Gasteiger partial charge < -0.3 is 9.67 Å². The van der Waals surface area contributed by atoms with Crippen LogP contribution in [0.25, 0.3) is 0 Å². The molecule has 0 aliphatic carbocycles. The summed E-state index contributed by atoms with van der Waals surface area (Å²) in [6.07, 6.45) is 7.07. The van der Waals surface area contributed by atoms with Crippen molar-refractivity contribution in [3.63, 3.8) is 0 Å². The van der Waals surface area contributed by atoms with E-state index >= 15 is 0 Å². The van der Waals surface area contributed by atoms with Crippen molar-refractivity contribution >= 4 is 0 Å². The number of rotatable bonds is 3.